The minimum Gasteiger partial charge on any atom is -0.460 e. The monoisotopic (exact) mass is 415 g/mol. The van der Waals surface area contributed by atoms with Gasteiger partial charge in [0.05, 0.1) is 11.1 Å². The first kappa shape index (κ1) is 21.5. The number of hydrogen-bond acceptors (Lipinski definition) is 7. The van der Waals surface area contributed by atoms with Crippen LogP contribution in [0.5, 0.6) is 0 Å². The zero-order valence-corrected chi connectivity index (χ0v) is 17.2. The largest absolute Gasteiger partial charge is 0.460 e. The maximum absolute atomic E-state index is 12.8. The van der Waals surface area contributed by atoms with E-state index in [2.05, 4.69) is 10.6 Å². The maximum Gasteiger partial charge on any atom is 0.306 e. The normalized spacial score (nSPS) is 18.9. The van der Waals surface area contributed by atoms with Crippen LogP contribution < -0.4 is 10.6 Å². The first-order valence-corrected chi connectivity index (χ1v) is 9.88. The molecule has 160 valence electrons. The maximum atomic E-state index is 12.8. The Hall–Kier alpha value is -3.23. The lowest BCUT2D eigenvalue weighted by atomic mass is 10.0. The predicted molar refractivity (Wildman–Crippen MR) is 107 cm³/mol. The fourth-order valence-corrected chi connectivity index (χ4v) is 3.44. The van der Waals surface area contributed by atoms with Gasteiger partial charge in [-0.3, -0.25) is 34.2 Å². The Kier molecular flexibility index (Phi) is 5.91. The average Bonchev–Trinajstić information content (AvgIpc) is 2.88. The molecular formula is C21H25N3O6. The fourth-order valence-electron chi connectivity index (χ4n) is 3.44. The summed E-state index contributed by atoms with van der Waals surface area (Å²) < 4.78 is 5.25. The van der Waals surface area contributed by atoms with Crippen LogP contribution in [0.2, 0.25) is 0 Å². The van der Waals surface area contributed by atoms with E-state index in [0.29, 0.717) is 18.7 Å². The summed E-state index contributed by atoms with van der Waals surface area (Å²) in [5, 5.41) is 5.29. The molecule has 1 atom stereocenters. The molecular weight excluding hydrogens is 390 g/mol. The standard InChI is InChI=1S/C21H25N3O6/c1-21(2,3)30-17(26)5-4-10-22-12-6-7-13-14(11-12)20(29)24(19(13)28)15-8-9-16(25)23-18(15)27/h6-7,11,15,22H,4-5,8-10H2,1-3H3,(H,23,25,27). The lowest BCUT2D eigenvalue weighted by molar-refractivity contribution is -0.154. The Morgan fingerprint density at radius 1 is 1.17 bits per heavy atom. The summed E-state index contributed by atoms with van der Waals surface area (Å²) in [6, 6.07) is 3.79. The number of imide groups is 2. The van der Waals surface area contributed by atoms with Gasteiger partial charge in [-0.05, 0) is 51.8 Å². The van der Waals surface area contributed by atoms with Gasteiger partial charge in [-0.2, -0.15) is 0 Å². The van der Waals surface area contributed by atoms with E-state index in [-0.39, 0.29) is 36.4 Å². The van der Waals surface area contributed by atoms with E-state index in [4.69, 9.17) is 4.74 Å². The highest BCUT2D eigenvalue weighted by atomic mass is 16.6. The molecule has 3 rings (SSSR count). The molecule has 0 radical (unpaired) electrons. The number of benzene rings is 1. The van der Waals surface area contributed by atoms with Crippen molar-refractivity contribution < 1.29 is 28.7 Å². The third kappa shape index (κ3) is 4.67. The minimum absolute atomic E-state index is 0.0776. The zero-order valence-electron chi connectivity index (χ0n) is 17.2. The molecule has 9 nitrogen and oxygen atoms in total. The second-order valence-corrected chi connectivity index (χ2v) is 8.32. The van der Waals surface area contributed by atoms with E-state index in [9.17, 15) is 24.0 Å². The second-order valence-electron chi connectivity index (χ2n) is 8.32. The summed E-state index contributed by atoms with van der Waals surface area (Å²) in [5.41, 5.74) is 0.543. The first-order valence-electron chi connectivity index (χ1n) is 9.88. The Labute approximate surface area is 174 Å². The van der Waals surface area contributed by atoms with Crippen LogP contribution in [-0.2, 0) is 19.1 Å². The Morgan fingerprint density at radius 2 is 1.87 bits per heavy atom. The molecule has 2 N–H and O–H groups in total. The summed E-state index contributed by atoms with van der Waals surface area (Å²) >= 11 is 0. The number of nitrogens with one attached hydrogen (secondary N) is 2. The van der Waals surface area contributed by atoms with Crippen LogP contribution in [0, 0.1) is 0 Å². The highest BCUT2D eigenvalue weighted by Crippen LogP contribution is 2.29. The molecule has 0 spiro atoms. The number of ether oxygens (including phenoxy) is 1. The number of carbonyl (C=O) groups excluding carboxylic acids is 5. The van der Waals surface area contributed by atoms with Crippen molar-refractivity contribution in [2.45, 2.75) is 58.1 Å². The Balaban J connectivity index is 1.61. The number of fused-ring (bicyclic) bond motifs is 1. The van der Waals surface area contributed by atoms with Crippen LogP contribution in [0.15, 0.2) is 18.2 Å². The van der Waals surface area contributed by atoms with Gasteiger partial charge in [0.15, 0.2) is 0 Å². The molecule has 1 aromatic rings. The third-order valence-corrected chi connectivity index (χ3v) is 4.75. The Bertz CT molecular complexity index is 918. The number of anilines is 1. The molecule has 1 unspecified atom stereocenters. The number of esters is 1. The van der Waals surface area contributed by atoms with E-state index in [1.165, 1.54) is 6.07 Å². The molecule has 4 amide bonds. The first-order chi connectivity index (χ1) is 14.1. The molecule has 2 heterocycles. The lowest BCUT2D eigenvalue weighted by Crippen LogP contribution is -2.54. The second kappa shape index (κ2) is 8.25. The van der Waals surface area contributed by atoms with Gasteiger partial charge in [0.2, 0.25) is 11.8 Å². The number of carbonyl (C=O) groups is 5. The number of amides is 4. The van der Waals surface area contributed by atoms with E-state index in [1.54, 1.807) is 12.1 Å². The van der Waals surface area contributed by atoms with Crippen LogP contribution in [0.25, 0.3) is 0 Å². The lowest BCUT2D eigenvalue weighted by Gasteiger charge is -2.27. The molecule has 1 saturated heterocycles. The molecule has 0 saturated carbocycles. The number of nitrogens with zero attached hydrogens (tertiary/aromatic N) is 1. The van der Waals surface area contributed by atoms with Crippen molar-refractivity contribution in [2.75, 3.05) is 11.9 Å². The molecule has 9 heteroatoms. The van der Waals surface area contributed by atoms with Gasteiger partial charge in [-0.15, -0.1) is 0 Å². The highest BCUT2D eigenvalue weighted by Gasteiger charge is 2.44. The molecule has 0 aromatic heterocycles. The molecule has 30 heavy (non-hydrogen) atoms. The van der Waals surface area contributed by atoms with Gasteiger partial charge in [0, 0.05) is 25.1 Å². The van der Waals surface area contributed by atoms with Crippen molar-refractivity contribution >= 4 is 35.3 Å². The van der Waals surface area contributed by atoms with Gasteiger partial charge >= 0.3 is 5.97 Å². The molecule has 0 bridgehead atoms. The molecule has 1 aromatic carbocycles. The highest BCUT2D eigenvalue weighted by molar-refractivity contribution is 6.23. The van der Waals surface area contributed by atoms with Crippen molar-refractivity contribution in [3.05, 3.63) is 29.3 Å². The van der Waals surface area contributed by atoms with E-state index < -0.39 is 35.3 Å². The van der Waals surface area contributed by atoms with Crippen molar-refractivity contribution in [1.29, 1.82) is 0 Å². The summed E-state index contributed by atoms with van der Waals surface area (Å²) in [4.78, 5) is 61.6. The van der Waals surface area contributed by atoms with Crippen molar-refractivity contribution in [2.24, 2.45) is 0 Å². The van der Waals surface area contributed by atoms with E-state index in [1.807, 2.05) is 20.8 Å². The van der Waals surface area contributed by atoms with Crippen LogP contribution in [0.3, 0.4) is 0 Å². The van der Waals surface area contributed by atoms with Gasteiger partial charge in [-0.25, -0.2) is 0 Å². The summed E-state index contributed by atoms with van der Waals surface area (Å²) in [5.74, 6) is -2.42. The third-order valence-electron chi connectivity index (χ3n) is 4.75. The Morgan fingerprint density at radius 3 is 2.53 bits per heavy atom. The summed E-state index contributed by atoms with van der Waals surface area (Å²) in [6.45, 7) is 5.91. The van der Waals surface area contributed by atoms with Gasteiger partial charge in [-0.1, -0.05) is 0 Å². The smallest absolute Gasteiger partial charge is 0.306 e. The molecule has 0 aliphatic carbocycles. The average molecular weight is 415 g/mol. The number of rotatable bonds is 6. The number of hydrogen-bond donors (Lipinski definition) is 2. The van der Waals surface area contributed by atoms with Crippen molar-refractivity contribution in [1.82, 2.24) is 10.2 Å². The van der Waals surface area contributed by atoms with Crippen LogP contribution in [0.4, 0.5) is 5.69 Å². The fraction of sp³-hybridized carbons (Fsp3) is 0.476. The van der Waals surface area contributed by atoms with E-state index in [0.717, 1.165) is 4.90 Å². The topological polar surface area (TPSA) is 122 Å². The predicted octanol–water partition coefficient (Wildman–Crippen LogP) is 1.62. The van der Waals surface area contributed by atoms with Crippen molar-refractivity contribution in [3.8, 4) is 0 Å². The van der Waals surface area contributed by atoms with Crippen molar-refractivity contribution in [3.63, 3.8) is 0 Å². The van der Waals surface area contributed by atoms with E-state index >= 15 is 0 Å². The summed E-state index contributed by atoms with van der Waals surface area (Å²) in [6.07, 6.45) is 0.997. The van der Waals surface area contributed by atoms with Crippen LogP contribution in [-0.4, -0.2) is 52.7 Å². The summed E-state index contributed by atoms with van der Waals surface area (Å²) in [7, 11) is 0. The quantitative estimate of drug-likeness (QED) is 0.411. The molecule has 2 aliphatic rings. The number of piperidine rings is 1. The molecule has 2 aliphatic heterocycles. The van der Waals surface area contributed by atoms with Gasteiger partial charge in [0.1, 0.15) is 11.6 Å². The van der Waals surface area contributed by atoms with Crippen LogP contribution >= 0.6 is 0 Å². The zero-order chi connectivity index (χ0) is 22.1. The molecule has 1 fully saturated rings. The minimum atomic E-state index is -0.986. The van der Waals surface area contributed by atoms with Gasteiger partial charge in [0.25, 0.3) is 11.8 Å². The van der Waals surface area contributed by atoms with Gasteiger partial charge < -0.3 is 10.1 Å². The van der Waals surface area contributed by atoms with Crippen LogP contribution in [0.1, 0.15) is 67.2 Å². The SMILES string of the molecule is CC(C)(C)OC(=O)CCCNc1ccc2c(c1)C(=O)N(C1CCC(=O)NC1=O)C2=O.